The van der Waals surface area contributed by atoms with Crippen LogP contribution >= 0.6 is 11.6 Å². The van der Waals surface area contributed by atoms with E-state index >= 15 is 0 Å². The quantitative estimate of drug-likeness (QED) is 0.363. The number of piperidine rings is 1. The number of anilines is 2. The summed E-state index contributed by atoms with van der Waals surface area (Å²) in [6, 6.07) is 5.71. The number of rotatable bonds is 6. The molecule has 0 aliphatic carbocycles. The normalized spacial score (nSPS) is 16.5. The molecule has 0 atom stereocenters. The Hall–Kier alpha value is -3.82. The van der Waals surface area contributed by atoms with Gasteiger partial charge in [-0.15, -0.1) is 0 Å². The monoisotopic (exact) mass is 591 g/mol. The Bertz CT molecular complexity index is 1490. The lowest BCUT2D eigenvalue weighted by molar-refractivity contribution is -0.127. The summed E-state index contributed by atoms with van der Waals surface area (Å²) in [6.07, 6.45) is 2.36. The fourth-order valence-corrected chi connectivity index (χ4v) is 5.65. The van der Waals surface area contributed by atoms with Gasteiger partial charge in [0, 0.05) is 39.2 Å². The predicted molar refractivity (Wildman–Crippen MR) is 148 cm³/mol. The van der Waals surface area contributed by atoms with Gasteiger partial charge in [0.2, 0.25) is 15.9 Å². The third-order valence-corrected chi connectivity index (χ3v) is 8.54. The van der Waals surface area contributed by atoms with E-state index in [0.29, 0.717) is 44.6 Å². The van der Waals surface area contributed by atoms with E-state index in [1.54, 1.807) is 11.0 Å². The van der Waals surface area contributed by atoms with E-state index in [4.69, 9.17) is 28.1 Å². The van der Waals surface area contributed by atoms with Crippen LogP contribution < -0.4 is 21.5 Å². The van der Waals surface area contributed by atoms with Crippen LogP contribution in [0.4, 0.5) is 11.6 Å². The molecule has 3 amide bonds. The maximum atomic E-state index is 13.2. The lowest BCUT2D eigenvalue weighted by atomic mass is 9.86. The van der Waals surface area contributed by atoms with Crippen molar-refractivity contribution in [1.82, 2.24) is 29.8 Å². The number of aliphatic imine (C=N–C) groups is 1. The Kier molecular flexibility index (Phi) is 8.28. The molecular weight excluding hydrogens is 562 g/mol. The molecule has 40 heavy (non-hydrogen) atoms. The Labute approximate surface area is 236 Å². The van der Waals surface area contributed by atoms with Crippen molar-refractivity contribution in [3.63, 3.8) is 0 Å². The Balaban J connectivity index is 1.38. The van der Waals surface area contributed by atoms with Gasteiger partial charge < -0.3 is 26.6 Å². The number of nitrogens with two attached hydrogens (primary N) is 2. The van der Waals surface area contributed by atoms with E-state index in [0.717, 1.165) is 0 Å². The third-order valence-electron chi connectivity index (χ3n) is 6.86. The molecule has 214 valence electrons. The second-order valence-corrected chi connectivity index (χ2v) is 11.9. The molecule has 1 saturated heterocycles. The maximum absolute atomic E-state index is 13.2. The molecule has 2 aliphatic heterocycles. The van der Waals surface area contributed by atoms with Crippen molar-refractivity contribution in [3.05, 3.63) is 40.7 Å². The van der Waals surface area contributed by atoms with Crippen molar-refractivity contribution >= 4 is 56.8 Å². The highest BCUT2D eigenvalue weighted by Crippen LogP contribution is 2.36. The number of likely N-dealkylation sites (N-methyl/N-ethyl adjacent to an activating group) is 1. The number of hydrogen-bond acceptors (Lipinski definition) is 10. The lowest BCUT2D eigenvalue weighted by Gasteiger charge is -2.37. The molecule has 1 fully saturated rings. The van der Waals surface area contributed by atoms with Crippen molar-refractivity contribution in [1.29, 1.82) is 0 Å². The van der Waals surface area contributed by atoms with E-state index < -0.39 is 27.4 Å². The molecule has 3 heterocycles. The molecular formula is C24H30ClN9O5S. The van der Waals surface area contributed by atoms with Crippen LogP contribution in [0.15, 0.2) is 34.2 Å². The fourth-order valence-electron chi connectivity index (χ4n) is 4.50. The van der Waals surface area contributed by atoms with E-state index in [-0.39, 0.29) is 45.4 Å². The second kappa shape index (κ2) is 11.3. The molecule has 0 radical (unpaired) electrons. The van der Waals surface area contributed by atoms with E-state index in [1.165, 1.54) is 37.2 Å². The number of nitrogens with one attached hydrogen (secondary N) is 2. The first-order chi connectivity index (χ1) is 18.8. The minimum absolute atomic E-state index is 0.0734. The lowest BCUT2D eigenvalue weighted by Crippen LogP contribution is -2.45. The molecule has 2 aromatic rings. The first-order valence-corrected chi connectivity index (χ1v) is 14.2. The average Bonchev–Trinajstić information content (AvgIpc) is 3.30. The van der Waals surface area contributed by atoms with E-state index in [2.05, 4.69) is 20.0 Å². The summed E-state index contributed by atoms with van der Waals surface area (Å²) in [6.45, 7) is 0.420. The van der Waals surface area contributed by atoms with E-state index in [9.17, 15) is 22.8 Å². The number of halogens is 1. The van der Waals surface area contributed by atoms with Crippen LogP contribution in [-0.4, -0.2) is 91.0 Å². The number of nitrogens with zero attached hydrogens (tertiary/aromatic N) is 5. The van der Waals surface area contributed by atoms with Crippen molar-refractivity contribution in [2.45, 2.75) is 36.1 Å². The fraction of sp³-hybridized carbons (Fsp3) is 0.417. The van der Waals surface area contributed by atoms with Crippen LogP contribution in [0.25, 0.3) is 0 Å². The third kappa shape index (κ3) is 6.32. The zero-order valence-corrected chi connectivity index (χ0v) is 23.5. The van der Waals surface area contributed by atoms with Gasteiger partial charge in [0.15, 0.2) is 22.5 Å². The number of carbonyl (C=O) groups is 3. The van der Waals surface area contributed by atoms with Gasteiger partial charge >= 0.3 is 0 Å². The summed E-state index contributed by atoms with van der Waals surface area (Å²) in [7, 11) is -0.940. The van der Waals surface area contributed by atoms with Crippen LogP contribution in [0.5, 0.6) is 0 Å². The summed E-state index contributed by atoms with van der Waals surface area (Å²) in [5.74, 6) is -1.03. The number of aromatic nitrogens is 2. The van der Waals surface area contributed by atoms with Crippen molar-refractivity contribution in [2.24, 2.45) is 4.99 Å². The van der Waals surface area contributed by atoms with Gasteiger partial charge in [-0.2, -0.15) is 0 Å². The molecule has 0 unspecified atom stereocenters. The molecule has 1 aromatic carbocycles. The molecule has 0 bridgehead atoms. The minimum atomic E-state index is -3.99. The van der Waals surface area contributed by atoms with E-state index in [1.807, 2.05) is 0 Å². The zero-order valence-electron chi connectivity index (χ0n) is 22.0. The average molecular weight is 592 g/mol. The molecule has 16 heteroatoms. The van der Waals surface area contributed by atoms with Gasteiger partial charge in [0.05, 0.1) is 17.0 Å². The standard InChI is InChI=1S/C24H30ClN9O5S/c1-33(2)17(35)13-28-40(38,39)15-5-3-4-14(12-15)23(37)34-10-8-24(9-11-34)7-6-16(32-24)29-22(36)18-20(26)31-21(27)19(25)30-18/h3-5,12,28H,6-11,13H2,1-2H3,(H4,26,27,31)(H,29,32,36). The highest BCUT2D eigenvalue weighted by Gasteiger charge is 2.40. The highest BCUT2D eigenvalue weighted by atomic mass is 35.5. The van der Waals surface area contributed by atoms with Crippen molar-refractivity contribution in [3.8, 4) is 0 Å². The van der Waals surface area contributed by atoms with Gasteiger partial charge in [-0.05, 0) is 37.5 Å². The number of nitrogen functional groups attached to an aromatic ring is 2. The van der Waals surface area contributed by atoms with Gasteiger partial charge in [0.25, 0.3) is 11.8 Å². The van der Waals surface area contributed by atoms with Crippen LogP contribution in [-0.2, 0) is 14.8 Å². The topological polar surface area (TPSA) is 206 Å². The Morgan fingerprint density at radius 3 is 2.48 bits per heavy atom. The zero-order chi connectivity index (χ0) is 29.2. The number of benzene rings is 1. The van der Waals surface area contributed by atoms with Gasteiger partial charge in [-0.25, -0.2) is 23.1 Å². The Morgan fingerprint density at radius 1 is 1.10 bits per heavy atom. The number of amides is 3. The molecule has 1 aromatic heterocycles. The smallest absolute Gasteiger partial charge is 0.279 e. The number of sulfonamides is 1. The van der Waals surface area contributed by atoms with Crippen LogP contribution in [0.2, 0.25) is 5.15 Å². The second-order valence-electron chi connectivity index (χ2n) is 9.80. The van der Waals surface area contributed by atoms with Crippen LogP contribution in [0.3, 0.4) is 0 Å². The Morgan fingerprint density at radius 2 is 1.80 bits per heavy atom. The molecule has 6 N–H and O–H groups in total. The molecule has 1 spiro atoms. The predicted octanol–water partition coefficient (Wildman–Crippen LogP) is 0.258. The van der Waals surface area contributed by atoms with Crippen LogP contribution in [0.1, 0.15) is 46.5 Å². The van der Waals surface area contributed by atoms with Crippen molar-refractivity contribution < 1.29 is 22.8 Å². The SMILES string of the molecule is CN(C)C(=O)CNS(=O)(=O)c1cccc(C(=O)N2CCC3(CCC(NC(=O)c4nc(Cl)c(N)nc4N)=N3)CC2)c1. The van der Waals surface area contributed by atoms with Crippen molar-refractivity contribution in [2.75, 3.05) is 45.2 Å². The summed E-state index contributed by atoms with van der Waals surface area (Å²) in [5, 5.41) is 2.59. The number of carbonyl (C=O) groups excluding carboxylic acids is 3. The molecule has 0 saturated carbocycles. The summed E-state index contributed by atoms with van der Waals surface area (Å²) in [4.78, 5) is 52.9. The number of hydrogen-bond donors (Lipinski definition) is 4. The first-order valence-electron chi connectivity index (χ1n) is 12.4. The van der Waals surface area contributed by atoms with Gasteiger partial charge in [-0.3, -0.25) is 19.4 Å². The summed E-state index contributed by atoms with van der Waals surface area (Å²) in [5.41, 5.74) is 11.0. The van der Waals surface area contributed by atoms with Gasteiger partial charge in [0.1, 0.15) is 5.84 Å². The van der Waals surface area contributed by atoms with Gasteiger partial charge in [-0.1, -0.05) is 17.7 Å². The molecule has 14 nitrogen and oxygen atoms in total. The first kappa shape index (κ1) is 29.2. The van der Waals surface area contributed by atoms with Crippen LogP contribution in [0, 0.1) is 0 Å². The molecule has 4 rings (SSSR count). The summed E-state index contributed by atoms with van der Waals surface area (Å²) >= 11 is 5.87. The highest BCUT2D eigenvalue weighted by molar-refractivity contribution is 7.89. The number of amidine groups is 1. The largest absolute Gasteiger partial charge is 0.382 e. The summed E-state index contributed by atoms with van der Waals surface area (Å²) < 4.78 is 27.6. The maximum Gasteiger partial charge on any atom is 0.279 e. The minimum Gasteiger partial charge on any atom is -0.382 e. The molecule has 2 aliphatic rings. The number of likely N-dealkylation sites (tertiary alicyclic amines) is 1.